The molecule has 0 aliphatic carbocycles. The lowest BCUT2D eigenvalue weighted by Gasteiger charge is -2.06. The molecule has 0 radical (unpaired) electrons. The van der Waals surface area contributed by atoms with Crippen LogP contribution in [0.25, 0.3) is 0 Å². The van der Waals surface area contributed by atoms with Gasteiger partial charge in [-0.25, -0.2) is 0 Å². The van der Waals surface area contributed by atoms with Crippen molar-refractivity contribution in [2.45, 2.75) is 0 Å². The first kappa shape index (κ1) is 10.1. The molecule has 0 atom stereocenters. The van der Waals surface area contributed by atoms with Crippen LogP contribution in [-0.4, -0.2) is 13.7 Å². The Balaban J connectivity index is 2.61. The molecule has 1 rings (SSSR count). The molecule has 13 heavy (non-hydrogen) atoms. The first-order valence-corrected chi connectivity index (χ1v) is 4.73. The average molecular weight is 242 g/mol. The largest absolute Gasteiger partial charge is 0.497 e. The molecule has 0 saturated heterocycles. The van der Waals surface area contributed by atoms with Crippen molar-refractivity contribution in [1.82, 2.24) is 0 Å². The summed E-state index contributed by atoms with van der Waals surface area (Å²) < 4.78 is 6.01. The van der Waals surface area contributed by atoms with Crippen molar-refractivity contribution in [3.63, 3.8) is 0 Å². The van der Waals surface area contributed by atoms with Crippen molar-refractivity contribution in [2.75, 3.05) is 19.0 Å². The topological polar surface area (TPSA) is 21.3 Å². The lowest BCUT2D eigenvalue weighted by atomic mass is 10.3. The van der Waals surface area contributed by atoms with E-state index < -0.39 is 0 Å². The first-order valence-electron chi connectivity index (χ1n) is 3.93. The number of hydrogen-bond donors (Lipinski definition) is 1. The molecule has 1 aromatic rings. The van der Waals surface area contributed by atoms with Gasteiger partial charge in [-0.15, -0.1) is 0 Å². The van der Waals surface area contributed by atoms with Gasteiger partial charge in [-0.05, 0) is 12.1 Å². The number of halogens is 1. The number of rotatable bonds is 4. The molecule has 0 fully saturated rings. The zero-order valence-corrected chi connectivity index (χ0v) is 9.10. The fraction of sp³-hybridized carbons (Fsp3) is 0.200. The summed E-state index contributed by atoms with van der Waals surface area (Å²) in [6.07, 6.45) is 0. The van der Waals surface area contributed by atoms with Crippen LogP contribution in [-0.2, 0) is 0 Å². The summed E-state index contributed by atoms with van der Waals surface area (Å²) >= 11 is 3.28. The van der Waals surface area contributed by atoms with Gasteiger partial charge in [-0.1, -0.05) is 28.6 Å². The third kappa shape index (κ3) is 3.51. The Morgan fingerprint density at radius 3 is 3.00 bits per heavy atom. The Morgan fingerprint density at radius 2 is 2.38 bits per heavy atom. The Bertz CT molecular complexity index is 299. The maximum Gasteiger partial charge on any atom is 0.120 e. The fourth-order valence-corrected chi connectivity index (χ4v) is 1.07. The molecule has 0 amide bonds. The molecule has 0 heterocycles. The van der Waals surface area contributed by atoms with Crippen molar-refractivity contribution in [1.29, 1.82) is 0 Å². The van der Waals surface area contributed by atoms with Gasteiger partial charge >= 0.3 is 0 Å². The highest BCUT2D eigenvalue weighted by Crippen LogP contribution is 2.17. The average Bonchev–Trinajstić information content (AvgIpc) is 2.15. The highest BCUT2D eigenvalue weighted by atomic mass is 79.9. The van der Waals surface area contributed by atoms with E-state index in [1.54, 1.807) is 7.11 Å². The minimum absolute atomic E-state index is 0.715. The van der Waals surface area contributed by atoms with E-state index in [0.29, 0.717) is 6.54 Å². The zero-order valence-electron chi connectivity index (χ0n) is 7.51. The van der Waals surface area contributed by atoms with Crippen LogP contribution in [0.1, 0.15) is 0 Å². The SMILES string of the molecule is C=C(Br)CNc1cccc(OC)c1. The molecule has 0 bridgehead atoms. The summed E-state index contributed by atoms with van der Waals surface area (Å²) in [5.74, 6) is 0.852. The van der Waals surface area contributed by atoms with Crippen LogP contribution in [0, 0.1) is 0 Å². The van der Waals surface area contributed by atoms with Gasteiger partial charge in [0.2, 0.25) is 0 Å². The minimum atomic E-state index is 0.715. The van der Waals surface area contributed by atoms with Gasteiger partial charge in [-0.2, -0.15) is 0 Å². The smallest absolute Gasteiger partial charge is 0.120 e. The standard InChI is InChI=1S/C10H12BrNO/c1-8(11)7-12-9-4-3-5-10(6-9)13-2/h3-6,12H,1,7H2,2H3. The second-order valence-electron chi connectivity index (χ2n) is 2.60. The van der Waals surface area contributed by atoms with E-state index in [1.807, 2.05) is 24.3 Å². The van der Waals surface area contributed by atoms with Crippen LogP contribution in [0.15, 0.2) is 35.3 Å². The molecule has 2 nitrogen and oxygen atoms in total. The Morgan fingerprint density at radius 1 is 1.62 bits per heavy atom. The third-order valence-corrected chi connectivity index (χ3v) is 1.83. The summed E-state index contributed by atoms with van der Waals surface area (Å²) in [5.41, 5.74) is 1.03. The molecular weight excluding hydrogens is 230 g/mol. The molecule has 3 heteroatoms. The van der Waals surface area contributed by atoms with E-state index in [9.17, 15) is 0 Å². The highest BCUT2D eigenvalue weighted by Gasteiger charge is 1.94. The van der Waals surface area contributed by atoms with Crippen LogP contribution in [0.2, 0.25) is 0 Å². The number of hydrogen-bond acceptors (Lipinski definition) is 2. The molecule has 1 aromatic carbocycles. The summed E-state index contributed by atoms with van der Waals surface area (Å²) in [5, 5.41) is 3.19. The van der Waals surface area contributed by atoms with Crippen LogP contribution < -0.4 is 10.1 Å². The van der Waals surface area contributed by atoms with Gasteiger partial charge < -0.3 is 10.1 Å². The Kier molecular flexibility index (Phi) is 3.83. The van der Waals surface area contributed by atoms with Gasteiger partial charge in [0.1, 0.15) is 5.75 Å². The van der Waals surface area contributed by atoms with E-state index in [1.165, 1.54) is 0 Å². The molecule has 70 valence electrons. The Labute approximate surface area is 86.7 Å². The molecule has 0 saturated carbocycles. The monoisotopic (exact) mass is 241 g/mol. The van der Waals surface area contributed by atoms with Gasteiger partial charge in [0.25, 0.3) is 0 Å². The van der Waals surface area contributed by atoms with Crippen LogP contribution >= 0.6 is 15.9 Å². The van der Waals surface area contributed by atoms with Crippen molar-refractivity contribution in [3.05, 3.63) is 35.3 Å². The molecule has 0 aliphatic rings. The number of ether oxygens (including phenoxy) is 1. The summed E-state index contributed by atoms with van der Waals surface area (Å²) in [6.45, 7) is 4.45. The predicted molar refractivity (Wildman–Crippen MR) is 59.6 cm³/mol. The van der Waals surface area contributed by atoms with Crippen LogP contribution in [0.3, 0.4) is 0 Å². The molecule has 0 spiro atoms. The zero-order chi connectivity index (χ0) is 9.68. The number of methoxy groups -OCH3 is 1. The van der Waals surface area contributed by atoms with Crippen LogP contribution in [0.4, 0.5) is 5.69 Å². The highest BCUT2D eigenvalue weighted by molar-refractivity contribution is 9.11. The van der Waals surface area contributed by atoms with Gasteiger partial charge in [0, 0.05) is 22.8 Å². The maximum atomic E-state index is 5.09. The normalized spacial score (nSPS) is 9.38. The van der Waals surface area contributed by atoms with E-state index in [4.69, 9.17) is 4.74 Å². The first-order chi connectivity index (χ1) is 6.22. The predicted octanol–water partition coefficient (Wildman–Crippen LogP) is 3.02. The number of benzene rings is 1. The van der Waals surface area contributed by atoms with Crippen molar-refractivity contribution in [2.24, 2.45) is 0 Å². The van der Waals surface area contributed by atoms with E-state index >= 15 is 0 Å². The van der Waals surface area contributed by atoms with E-state index in [2.05, 4.69) is 27.8 Å². The molecule has 0 aromatic heterocycles. The summed E-state index contributed by atoms with van der Waals surface area (Å²) in [4.78, 5) is 0. The van der Waals surface area contributed by atoms with Crippen LogP contribution in [0.5, 0.6) is 5.75 Å². The van der Waals surface area contributed by atoms with E-state index in [0.717, 1.165) is 15.9 Å². The Hall–Kier alpha value is -0.960. The molecule has 1 N–H and O–H groups in total. The number of nitrogens with one attached hydrogen (secondary N) is 1. The quantitative estimate of drug-likeness (QED) is 0.876. The molecular formula is C10H12BrNO. The lowest BCUT2D eigenvalue weighted by molar-refractivity contribution is 0.415. The second kappa shape index (κ2) is 4.92. The van der Waals surface area contributed by atoms with Gasteiger partial charge in [0.15, 0.2) is 0 Å². The number of anilines is 1. The minimum Gasteiger partial charge on any atom is -0.497 e. The fourth-order valence-electron chi connectivity index (χ4n) is 0.931. The summed E-state index contributed by atoms with van der Waals surface area (Å²) in [7, 11) is 1.66. The lowest BCUT2D eigenvalue weighted by Crippen LogP contribution is -2.00. The third-order valence-electron chi connectivity index (χ3n) is 1.55. The molecule has 0 aliphatic heterocycles. The van der Waals surface area contributed by atoms with E-state index in [-0.39, 0.29) is 0 Å². The van der Waals surface area contributed by atoms with Gasteiger partial charge in [-0.3, -0.25) is 0 Å². The second-order valence-corrected chi connectivity index (χ2v) is 3.72. The van der Waals surface area contributed by atoms with Crippen molar-refractivity contribution >= 4 is 21.6 Å². The van der Waals surface area contributed by atoms with Crippen molar-refractivity contribution in [3.8, 4) is 5.75 Å². The molecule has 0 unspecified atom stereocenters. The van der Waals surface area contributed by atoms with Gasteiger partial charge in [0.05, 0.1) is 7.11 Å². The van der Waals surface area contributed by atoms with Crippen molar-refractivity contribution < 1.29 is 4.74 Å². The maximum absolute atomic E-state index is 5.09. The summed E-state index contributed by atoms with van der Waals surface area (Å²) in [6, 6.07) is 7.78.